The summed E-state index contributed by atoms with van der Waals surface area (Å²) in [5.74, 6) is -0.993. The number of carbonyl (C=O) groups is 3. The van der Waals surface area contributed by atoms with Crippen LogP contribution in [0, 0.1) is 0 Å². The first-order chi connectivity index (χ1) is 10.4. The number of nitrogens with zero attached hydrogens (tertiary/aromatic N) is 1. The summed E-state index contributed by atoms with van der Waals surface area (Å²) in [7, 11) is 0. The van der Waals surface area contributed by atoms with Crippen molar-refractivity contribution in [2.75, 3.05) is 11.4 Å². The minimum Gasteiger partial charge on any atom is -0.481 e. The highest BCUT2D eigenvalue weighted by Gasteiger charge is 2.31. The first-order valence-corrected chi connectivity index (χ1v) is 6.92. The Balaban J connectivity index is 2.32. The Labute approximate surface area is 128 Å². The molecule has 2 rings (SSSR count). The third-order valence-corrected chi connectivity index (χ3v) is 3.37. The van der Waals surface area contributed by atoms with Crippen LogP contribution in [0.4, 0.5) is 5.69 Å². The van der Waals surface area contributed by atoms with Crippen molar-refractivity contribution in [1.29, 1.82) is 0 Å². The largest absolute Gasteiger partial charge is 0.481 e. The molecule has 0 radical (unpaired) electrons. The van der Waals surface area contributed by atoms with E-state index >= 15 is 0 Å². The van der Waals surface area contributed by atoms with Gasteiger partial charge in [-0.1, -0.05) is 6.08 Å². The van der Waals surface area contributed by atoms with E-state index in [9.17, 15) is 14.4 Å². The van der Waals surface area contributed by atoms with Gasteiger partial charge in [0.1, 0.15) is 5.75 Å². The number of carboxylic acids is 1. The Morgan fingerprint density at radius 3 is 2.77 bits per heavy atom. The number of hydrogen-bond acceptors (Lipinski definition) is 4. The lowest BCUT2D eigenvalue weighted by Crippen LogP contribution is -2.44. The van der Waals surface area contributed by atoms with Gasteiger partial charge in [-0.3, -0.25) is 14.4 Å². The van der Waals surface area contributed by atoms with Crippen molar-refractivity contribution in [1.82, 2.24) is 0 Å². The third kappa shape index (κ3) is 3.16. The van der Waals surface area contributed by atoms with Gasteiger partial charge >= 0.3 is 5.97 Å². The molecule has 1 unspecified atom stereocenters. The molecule has 1 aromatic carbocycles. The van der Waals surface area contributed by atoms with E-state index in [0.717, 1.165) is 0 Å². The van der Waals surface area contributed by atoms with Gasteiger partial charge in [-0.15, -0.1) is 6.58 Å². The van der Waals surface area contributed by atoms with E-state index < -0.39 is 12.1 Å². The molecule has 1 aliphatic heterocycles. The lowest BCUT2D eigenvalue weighted by atomic mass is 10.0. The smallest absolute Gasteiger partial charge is 0.303 e. The normalized spacial score (nSPS) is 16.7. The molecular weight excluding hydrogens is 286 g/mol. The number of Topliss-reactive ketones (excluding diaryl/α,β-unsaturated/α-hetero) is 1. The van der Waals surface area contributed by atoms with Crippen molar-refractivity contribution < 1.29 is 24.2 Å². The maximum atomic E-state index is 12.2. The molecule has 1 aromatic rings. The predicted octanol–water partition coefficient (Wildman–Crippen LogP) is 2.03. The van der Waals surface area contributed by atoms with Gasteiger partial charge in [0.05, 0.1) is 12.1 Å². The zero-order chi connectivity index (χ0) is 16.3. The summed E-state index contributed by atoms with van der Waals surface area (Å²) in [4.78, 5) is 36.2. The van der Waals surface area contributed by atoms with Crippen LogP contribution in [-0.2, 0) is 9.59 Å². The summed E-state index contributed by atoms with van der Waals surface area (Å²) >= 11 is 0. The van der Waals surface area contributed by atoms with Crippen LogP contribution in [0.1, 0.15) is 30.1 Å². The highest BCUT2D eigenvalue weighted by atomic mass is 16.5. The molecule has 1 atom stereocenters. The van der Waals surface area contributed by atoms with Crippen molar-refractivity contribution in [3.8, 4) is 5.75 Å². The molecule has 0 bridgehead atoms. The number of amides is 1. The number of carboxylic acid groups (broad SMARTS) is 1. The summed E-state index contributed by atoms with van der Waals surface area (Å²) in [6.07, 6.45) is 0.694. The number of ether oxygens (including phenoxy) is 1. The Hall–Kier alpha value is -2.63. The molecule has 0 aliphatic carbocycles. The topological polar surface area (TPSA) is 83.9 Å². The molecule has 6 nitrogen and oxygen atoms in total. The van der Waals surface area contributed by atoms with Crippen LogP contribution >= 0.6 is 0 Å². The summed E-state index contributed by atoms with van der Waals surface area (Å²) < 4.78 is 5.52. The van der Waals surface area contributed by atoms with E-state index in [1.54, 1.807) is 31.2 Å². The number of benzene rings is 1. The monoisotopic (exact) mass is 303 g/mol. The summed E-state index contributed by atoms with van der Waals surface area (Å²) in [5.41, 5.74) is 0.865. The fraction of sp³-hybridized carbons (Fsp3) is 0.312. The van der Waals surface area contributed by atoms with Crippen LogP contribution in [0.25, 0.3) is 0 Å². The van der Waals surface area contributed by atoms with Gasteiger partial charge in [0.15, 0.2) is 11.9 Å². The Kier molecular flexibility index (Phi) is 4.60. The Bertz CT molecular complexity index is 637. The van der Waals surface area contributed by atoms with Crippen molar-refractivity contribution >= 4 is 23.3 Å². The average molecular weight is 303 g/mol. The van der Waals surface area contributed by atoms with Crippen LogP contribution in [0.15, 0.2) is 30.9 Å². The zero-order valence-corrected chi connectivity index (χ0v) is 12.2. The number of ketones is 1. The summed E-state index contributed by atoms with van der Waals surface area (Å²) in [5, 5.41) is 8.64. The van der Waals surface area contributed by atoms with E-state index in [2.05, 4.69) is 6.58 Å². The SMILES string of the molecule is C=CCN1C(=O)C(C)Oc2ccc(C(=O)CCC(=O)O)cc21. The van der Waals surface area contributed by atoms with Crippen molar-refractivity contribution in [2.45, 2.75) is 25.9 Å². The number of anilines is 1. The molecule has 0 aromatic heterocycles. The van der Waals surface area contributed by atoms with E-state index in [4.69, 9.17) is 9.84 Å². The van der Waals surface area contributed by atoms with Crippen LogP contribution in [0.2, 0.25) is 0 Å². The molecule has 0 saturated heterocycles. The Morgan fingerprint density at radius 1 is 1.41 bits per heavy atom. The van der Waals surface area contributed by atoms with E-state index in [-0.39, 0.29) is 24.5 Å². The number of hydrogen-bond donors (Lipinski definition) is 1. The van der Waals surface area contributed by atoms with E-state index in [1.807, 2.05) is 0 Å². The molecule has 1 N–H and O–H groups in total. The van der Waals surface area contributed by atoms with Crippen LogP contribution in [-0.4, -0.2) is 35.4 Å². The minimum absolute atomic E-state index is 0.0826. The van der Waals surface area contributed by atoms with Gasteiger partial charge in [-0.2, -0.15) is 0 Å². The highest BCUT2D eigenvalue weighted by molar-refractivity contribution is 6.03. The maximum Gasteiger partial charge on any atom is 0.303 e. The molecule has 6 heteroatoms. The zero-order valence-electron chi connectivity index (χ0n) is 12.2. The lowest BCUT2D eigenvalue weighted by molar-refractivity contribution is -0.137. The van der Waals surface area contributed by atoms with Gasteiger partial charge in [-0.25, -0.2) is 0 Å². The third-order valence-electron chi connectivity index (χ3n) is 3.37. The minimum atomic E-state index is -1.02. The fourth-order valence-corrected chi connectivity index (χ4v) is 2.26. The molecule has 1 heterocycles. The average Bonchev–Trinajstić information content (AvgIpc) is 2.49. The first-order valence-electron chi connectivity index (χ1n) is 6.92. The maximum absolute atomic E-state index is 12.2. The molecule has 0 spiro atoms. The molecule has 1 aliphatic rings. The van der Waals surface area contributed by atoms with Crippen molar-refractivity contribution in [3.63, 3.8) is 0 Å². The van der Waals surface area contributed by atoms with Crippen molar-refractivity contribution in [3.05, 3.63) is 36.4 Å². The van der Waals surface area contributed by atoms with Crippen molar-refractivity contribution in [2.24, 2.45) is 0 Å². The molecule has 22 heavy (non-hydrogen) atoms. The molecule has 0 fully saturated rings. The van der Waals surface area contributed by atoms with Crippen LogP contribution < -0.4 is 9.64 Å². The lowest BCUT2D eigenvalue weighted by Gasteiger charge is -2.32. The van der Waals surface area contributed by atoms with E-state index in [1.165, 1.54) is 4.90 Å². The van der Waals surface area contributed by atoms with Gasteiger partial charge in [0, 0.05) is 18.5 Å². The predicted molar refractivity (Wildman–Crippen MR) is 80.3 cm³/mol. The second-order valence-electron chi connectivity index (χ2n) is 5.00. The van der Waals surface area contributed by atoms with Crippen LogP contribution in [0.3, 0.4) is 0 Å². The van der Waals surface area contributed by atoms with Gasteiger partial charge in [-0.05, 0) is 25.1 Å². The summed E-state index contributed by atoms with van der Waals surface area (Å²) in [6.45, 7) is 5.60. The standard InChI is InChI=1S/C16H17NO5/c1-3-8-17-12-9-11(13(18)5-7-15(19)20)4-6-14(12)22-10(2)16(17)21/h3-4,6,9-10H,1,5,7-8H2,2H3,(H,19,20). The molecule has 1 amide bonds. The molecule has 116 valence electrons. The highest BCUT2D eigenvalue weighted by Crippen LogP contribution is 2.35. The second kappa shape index (κ2) is 6.43. The van der Waals surface area contributed by atoms with Crippen LogP contribution in [0.5, 0.6) is 5.75 Å². The second-order valence-corrected chi connectivity index (χ2v) is 5.00. The number of fused-ring (bicyclic) bond motifs is 1. The first kappa shape index (κ1) is 15.8. The number of carbonyl (C=O) groups excluding carboxylic acids is 2. The van der Waals surface area contributed by atoms with Gasteiger partial charge in [0.2, 0.25) is 0 Å². The molecular formula is C16H17NO5. The van der Waals surface area contributed by atoms with E-state index in [0.29, 0.717) is 23.5 Å². The summed E-state index contributed by atoms with van der Waals surface area (Å²) in [6, 6.07) is 4.77. The fourth-order valence-electron chi connectivity index (χ4n) is 2.26. The number of aliphatic carboxylic acids is 1. The van der Waals surface area contributed by atoms with Gasteiger partial charge < -0.3 is 14.7 Å². The molecule has 0 saturated carbocycles. The van der Waals surface area contributed by atoms with Gasteiger partial charge in [0.25, 0.3) is 5.91 Å². The Morgan fingerprint density at radius 2 is 2.14 bits per heavy atom. The number of rotatable bonds is 6. The quantitative estimate of drug-likeness (QED) is 0.642.